The molecule has 0 radical (unpaired) electrons. The molecule has 0 aliphatic rings. The minimum absolute atomic E-state index is 0.0610. The Balaban J connectivity index is 2.39. The quantitative estimate of drug-likeness (QED) is 0.882. The summed E-state index contributed by atoms with van der Waals surface area (Å²) in [7, 11) is 0. The van der Waals surface area contributed by atoms with Crippen molar-refractivity contribution in [3.8, 4) is 11.4 Å². The van der Waals surface area contributed by atoms with Crippen molar-refractivity contribution < 1.29 is 15.0 Å². The molecule has 0 fully saturated rings. The molecule has 6 nitrogen and oxygen atoms in total. The number of nitrogens with zero attached hydrogens (tertiary/aromatic N) is 2. The highest BCUT2D eigenvalue weighted by molar-refractivity contribution is 5.67. The molecule has 0 spiro atoms. The molecule has 2 rings (SSSR count). The molecule has 0 aliphatic carbocycles. The summed E-state index contributed by atoms with van der Waals surface area (Å²) >= 11 is 0. The summed E-state index contributed by atoms with van der Waals surface area (Å²) in [6, 6.07) is 8.44. The van der Waals surface area contributed by atoms with Gasteiger partial charge in [0.25, 0.3) is 5.56 Å². The molecule has 0 bridgehead atoms. The first-order valence-electron chi connectivity index (χ1n) is 7.03. The SMILES string of the molecule is CC(C)c1ccc(-n2nc(CCC(=O)O)c(O)cc2=O)cc1. The predicted molar refractivity (Wildman–Crippen MR) is 81.5 cm³/mol. The van der Waals surface area contributed by atoms with E-state index in [0.717, 1.165) is 11.6 Å². The van der Waals surface area contributed by atoms with E-state index in [0.29, 0.717) is 11.6 Å². The number of carboxylic acids is 1. The van der Waals surface area contributed by atoms with E-state index in [1.807, 2.05) is 12.1 Å². The molecule has 22 heavy (non-hydrogen) atoms. The van der Waals surface area contributed by atoms with Gasteiger partial charge in [0.1, 0.15) is 11.4 Å². The fraction of sp³-hybridized carbons (Fsp3) is 0.312. The van der Waals surface area contributed by atoms with E-state index in [1.165, 1.54) is 4.68 Å². The maximum absolute atomic E-state index is 12.0. The first-order chi connectivity index (χ1) is 10.4. The highest BCUT2D eigenvalue weighted by atomic mass is 16.4. The maximum Gasteiger partial charge on any atom is 0.303 e. The Labute approximate surface area is 127 Å². The lowest BCUT2D eigenvalue weighted by atomic mass is 10.0. The number of carboxylic acid groups (broad SMARTS) is 1. The Hall–Kier alpha value is -2.63. The smallest absolute Gasteiger partial charge is 0.303 e. The number of hydrogen-bond donors (Lipinski definition) is 2. The number of carbonyl (C=O) groups is 1. The van der Waals surface area contributed by atoms with Crippen LogP contribution in [0.5, 0.6) is 5.75 Å². The van der Waals surface area contributed by atoms with Gasteiger partial charge in [-0.15, -0.1) is 0 Å². The fourth-order valence-corrected chi connectivity index (χ4v) is 2.07. The molecule has 1 aromatic carbocycles. The van der Waals surface area contributed by atoms with Crippen molar-refractivity contribution in [3.05, 3.63) is 51.9 Å². The van der Waals surface area contributed by atoms with Crippen LogP contribution in [-0.4, -0.2) is 26.0 Å². The lowest BCUT2D eigenvalue weighted by molar-refractivity contribution is -0.136. The summed E-state index contributed by atoms with van der Waals surface area (Å²) < 4.78 is 1.17. The summed E-state index contributed by atoms with van der Waals surface area (Å²) in [6.07, 6.45) is -0.101. The highest BCUT2D eigenvalue weighted by Gasteiger charge is 2.11. The molecule has 0 unspecified atom stereocenters. The van der Waals surface area contributed by atoms with Crippen LogP contribution in [0.4, 0.5) is 0 Å². The van der Waals surface area contributed by atoms with E-state index >= 15 is 0 Å². The molecule has 116 valence electrons. The Morgan fingerprint density at radius 1 is 1.27 bits per heavy atom. The summed E-state index contributed by atoms with van der Waals surface area (Å²) in [5.41, 5.74) is 1.44. The molecule has 0 saturated heterocycles. The summed E-state index contributed by atoms with van der Waals surface area (Å²) in [5, 5.41) is 22.5. The first-order valence-corrected chi connectivity index (χ1v) is 7.03. The molecule has 0 atom stereocenters. The van der Waals surface area contributed by atoms with E-state index in [1.54, 1.807) is 12.1 Å². The van der Waals surface area contributed by atoms with Crippen LogP contribution < -0.4 is 5.56 Å². The van der Waals surface area contributed by atoms with Crippen molar-refractivity contribution in [3.63, 3.8) is 0 Å². The van der Waals surface area contributed by atoms with Crippen LogP contribution in [-0.2, 0) is 11.2 Å². The van der Waals surface area contributed by atoms with Gasteiger partial charge in [-0.2, -0.15) is 9.78 Å². The fourth-order valence-electron chi connectivity index (χ4n) is 2.07. The summed E-state index contributed by atoms with van der Waals surface area (Å²) in [5.74, 6) is -0.883. The maximum atomic E-state index is 12.0. The molecule has 2 aromatic rings. The lowest BCUT2D eigenvalue weighted by Gasteiger charge is -2.10. The van der Waals surface area contributed by atoms with Crippen LogP contribution in [0, 0.1) is 0 Å². The minimum atomic E-state index is -0.986. The Bertz CT molecular complexity index is 733. The molecular weight excluding hydrogens is 284 g/mol. The zero-order chi connectivity index (χ0) is 16.3. The topological polar surface area (TPSA) is 92.4 Å². The van der Waals surface area contributed by atoms with Gasteiger partial charge in [0.05, 0.1) is 12.1 Å². The minimum Gasteiger partial charge on any atom is -0.506 e. The van der Waals surface area contributed by atoms with Gasteiger partial charge in [-0.05, 0) is 23.6 Å². The molecule has 1 aromatic heterocycles. The van der Waals surface area contributed by atoms with Crippen LogP contribution in [0.25, 0.3) is 5.69 Å². The molecule has 1 heterocycles. The zero-order valence-corrected chi connectivity index (χ0v) is 12.5. The molecule has 6 heteroatoms. The lowest BCUT2D eigenvalue weighted by Crippen LogP contribution is -2.22. The van der Waals surface area contributed by atoms with E-state index in [4.69, 9.17) is 5.11 Å². The second-order valence-corrected chi connectivity index (χ2v) is 5.37. The number of aromatic nitrogens is 2. The standard InChI is InChI=1S/C16H18N2O4/c1-10(2)11-3-5-12(6-4-11)18-15(20)9-14(19)13(17-18)7-8-16(21)22/h3-6,9-10,19H,7-8H2,1-2H3,(H,21,22). The van der Waals surface area contributed by atoms with Crippen molar-refractivity contribution in [1.82, 2.24) is 9.78 Å². The van der Waals surface area contributed by atoms with E-state index < -0.39 is 11.5 Å². The molecule has 0 saturated carbocycles. The van der Waals surface area contributed by atoms with Gasteiger partial charge in [0.2, 0.25) is 0 Å². The molecule has 2 N–H and O–H groups in total. The second kappa shape index (κ2) is 6.43. The highest BCUT2D eigenvalue weighted by Crippen LogP contribution is 2.17. The second-order valence-electron chi connectivity index (χ2n) is 5.37. The summed E-state index contributed by atoms with van der Waals surface area (Å²) in [4.78, 5) is 22.6. The van der Waals surface area contributed by atoms with E-state index in [-0.39, 0.29) is 24.3 Å². The summed E-state index contributed by atoms with van der Waals surface area (Å²) in [6.45, 7) is 4.15. The van der Waals surface area contributed by atoms with Crippen molar-refractivity contribution in [1.29, 1.82) is 0 Å². The Morgan fingerprint density at radius 3 is 2.45 bits per heavy atom. The number of rotatable bonds is 5. The monoisotopic (exact) mass is 302 g/mol. The van der Waals surface area contributed by atoms with Crippen molar-refractivity contribution in [2.45, 2.75) is 32.6 Å². The van der Waals surface area contributed by atoms with Gasteiger partial charge in [-0.3, -0.25) is 9.59 Å². The number of aryl methyl sites for hydroxylation is 1. The number of aliphatic carboxylic acids is 1. The van der Waals surface area contributed by atoms with Crippen LogP contribution in [0.3, 0.4) is 0 Å². The number of hydrogen-bond acceptors (Lipinski definition) is 4. The average molecular weight is 302 g/mol. The molecule has 0 amide bonds. The van der Waals surface area contributed by atoms with Crippen molar-refractivity contribution in [2.75, 3.05) is 0 Å². The Kier molecular flexibility index (Phi) is 4.60. The van der Waals surface area contributed by atoms with Crippen molar-refractivity contribution >= 4 is 5.97 Å². The predicted octanol–water partition coefficient (Wildman–Crippen LogP) is 2.08. The van der Waals surface area contributed by atoms with Crippen LogP contribution >= 0.6 is 0 Å². The normalized spacial score (nSPS) is 10.9. The van der Waals surface area contributed by atoms with Gasteiger partial charge in [0.15, 0.2) is 0 Å². The van der Waals surface area contributed by atoms with Gasteiger partial charge in [-0.1, -0.05) is 26.0 Å². The third-order valence-electron chi connectivity index (χ3n) is 3.37. The molecule has 0 aliphatic heterocycles. The van der Waals surface area contributed by atoms with Gasteiger partial charge in [0, 0.05) is 12.5 Å². The van der Waals surface area contributed by atoms with Gasteiger partial charge < -0.3 is 10.2 Å². The number of benzene rings is 1. The third kappa shape index (κ3) is 3.52. The third-order valence-corrected chi connectivity index (χ3v) is 3.37. The van der Waals surface area contributed by atoms with Gasteiger partial charge in [-0.25, -0.2) is 0 Å². The molecular formula is C16H18N2O4. The van der Waals surface area contributed by atoms with E-state index in [9.17, 15) is 14.7 Å². The van der Waals surface area contributed by atoms with Crippen LogP contribution in [0.15, 0.2) is 35.1 Å². The largest absolute Gasteiger partial charge is 0.506 e. The average Bonchev–Trinajstić information content (AvgIpc) is 2.46. The zero-order valence-electron chi connectivity index (χ0n) is 12.5. The van der Waals surface area contributed by atoms with Crippen molar-refractivity contribution in [2.24, 2.45) is 0 Å². The number of aromatic hydroxyl groups is 1. The van der Waals surface area contributed by atoms with Crippen LogP contribution in [0.1, 0.15) is 37.4 Å². The van der Waals surface area contributed by atoms with Crippen LogP contribution in [0.2, 0.25) is 0 Å². The Morgan fingerprint density at radius 2 is 1.91 bits per heavy atom. The van der Waals surface area contributed by atoms with E-state index in [2.05, 4.69) is 18.9 Å². The first kappa shape index (κ1) is 15.8. The van der Waals surface area contributed by atoms with Gasteiger partial charge >= 0.3 is 5.97 Å².